The fourth-order valence-corrected chi connectivity index (χ4v) is 4.68. The Bertz CT molecular complexity index is 782. The van der Waals surface area contributed by atoms with Gasteiger partial charge >= 0.3 is 19.6 Å². The Morgan fingerprint density at radius 3 is 2.16 bits per heavy atom. The van der Waals surface area contributed by atoms with Crippen LogP contribution in [0.25, 0.3) is 0 Å². The van der Waals surface area contributed by atoms with Gasteiger partial charge in [0.15, 0.2) is 0 Å². The molecule has 0 amide bonds. The Labute approximate surface area is 184 Å². The molecular formula is C21H35N2O7P. The number of rotatable bonds is 12. The SMILES string of the molecule is CCOC(=O)[C@@](C)(NP(=O)(N[C@@H](C)C(=O)OC(C)C)Oc1ccc(CO)cc1)C(C)C. The van der Waals surface area contributed by atoms with E-state index >= 15 is 0 Å². The highest BCUT2D eigenvalue weighted by molar-refractivity contribution is 7.55. The van der Waals surface area contributed by atoms with E-state index in [4.69, 9.17) is 14.0 Å². The molecule has 3 N–H and O–H groups in total. The number of ether oxygens (including phenoxy) is 2. The molecule has 0 aliphatic carbocycles. The molecule has 0 aliphatic heterocycles. The monoisotopic (exact) mass is 458 g/mol. The summed E-state index contributed by atoms with van der Waals surface area (Å²) in [5.74, 6) is -1.30. The molecule has 0 saturated heterocycles. The molecule has 10 heteroatoms. The summed E-state index contributed by atoms with van der Waals surface area (Å²) in [5, 5.41) is 14.7. The van der Waals surface area contributed by atoms with Crippen molar-refractivity contribution in [2.75, 3.05) is 6.61 Å². The maximum atomic E-state index is 13.9. The summed E-state index contributed by atoms with van der Waals surface area (Å²) in [5.41, 5.74) is -0.721. The summed E-state index contributed by atoms with van der Waals surface area (Å²) in [6, 6.07) is 5.31. The van der Waals surface area contributed by atoms with Gasteiger partial charge in [0.1, 0.15) is 17.3 Å². The summed E-state index contributed by atoms with van der Waals surface area (Å²) in [6.45, 7) is 11.7. The van der Waals surface area contributed by atoms with E-state index in [0.717, 1.165) is 0 Å². The predicted molar refractivity (Wildman–Crippen MR) is 117 cm³/mol. The quantitative estimate of drug-likeness (QED) is 0.320. The summed E-state index contributed by atoms with van der Waals surface area (Å²) in [6.07, 6.45) is -0.350. The molecule has 3 atom stereocenters. The van der Waals surface area contributed by atoms with Crippen molar-refractivity contribution < 1.29 is 33.3 Å². The summed E-state index contributed by atoms with van der Waals surface area (Å²) >= 11 is 0. The van der Waals surface area contributed by atoms with Crippen molar-refractivity contribution >= 4 is 19.6 Å². The van der Waals surface area contributed by atoms with Crippen molar-refractivity contribution in [1.82, 2.24) is 10.2 Å². The molecule has 0 aliphatic rings. The topological polar surface area (TPSA) is 123 Å². The van der Waals surface area contributed by atoms with E-state index < -0.39 is 31.2 Å². The van der Waals surface area contributed by atoms with Crippen molar-refractivity contribution in [2.24, 2.45) is 5.92 Å². The molecule has 0 saturated carbocycles. The van der Waals surface area contributed by atoms with Crippen LogP contribution in [0.3, 0.4) is 0 Å². The van der Waals surface area contributed by atoms with E-state index in [1.165, 1.54) is 19.1 Å². The highest BCUT2D eigenvalue weighted by Gasteiger charge is 2.46. The molecular weight excluding hydrogens is 423 g/mol. The van der Waals surface area contributed by atoms with Gasteiger partial charge in [-0.15, -0.1) is 0 Å². The lowest BCUT2D eigenvalue weighted by molar-refractivity contribution is -0.151. The van der Waals surface area contributed by atoms with Crippen LogP contribution in [0.1, 0.15) is 54.0 Å². The molecule has 31 heavy (non-hydrogen) atoms. The average molecular weight is 458 g/mol. The van der Waals surface area contributed by atoms with Crippen molar-refractivity contribution in [1.29, 1.82) is 0 Å². The molecule has 0 heterocycles. The molecule has 0 bridgehead atoms. The molecule has 176 valence electrons. The maximum absolute atomic E-state index is 13.9. The van der Waals surface area contributed by atoms with Gasteiger partial charge in [0.25, 0.3) is 0 Å². The second-order valence-electron chi connectivity index (χ2n) is 7.97. The van der Waals surface area contributed by atoms with Gasteiger partial charge in [-0.3, -0.25) is 9.59 Å². The first kappa shape index (κ1) is 27.1. The highest BCUT2D eigenvalue weighted by Crippen LogP contribution is 2.43. The molecule has 1 aromatic carbocycles. The van der Waals surface area contributed by atoms with Gasteiger partial charge < -0.3 is 19.1 Å². The number of carbonyl (C=O) groups is 2. The minimum atomic E-state index is -4.04. The molecule has 9 nitrogen and oxygen atoms in total. The fourth-order valence-electron chi connectivity index (χ4n) is 2.52. The summed E-state index contributed by atoms with van der Waals surface area (Å²) in [4.78, 5) is 25.0. The number of esters is 2. The molecule has 0 spiro atoms. The van der Waals surface area contributed by atoms with Crippen molar-refractivity contribution in [3.8, 4) is 5.75 Å². The Morgan fingerprint density at radius 1 is 1.13 bits per heavy atom. The predicted octanol–water partition coefficient (Wildman–Crippen LogP) is 3.16. The van der Waals surface area contributed by atoms with Crippen LogP contribution in [0.2, 0.25) is 0 Å². The number of hydrogen-bond acceptors (Lipinski definition) is 7. The van der Waals surface area contributed by atoms with Crippen LogP contribution in [0.4, 0.5) is 0 Å². The minimum absolute atomic E-state index is 0.152. The third-order valence-electron chi connectivity index (χ3n) is 4.64. The second-order valence-corrected chi connectivity index (χ2v) is 9.74. The van der Waals surface area contributed by atoms with E-state index in [9.17, 15) is 19.3 Å². The number of aliphatic hydroxyl groups excluding tert-OH is 1. The van der Waals surface area contributed by atoms with E-state index in [1.807, 2.05) is 0 Å². The number of carbonyl (C=O) groups excluding carboxylic acids is 2. The zero-order valence-electron chi connectivity index (χ0n) is 19.3. The Morgan fingerprint density at radius 2 is 1.71 bits per heavy atom. The van der Waals surface area contributed by atoms with Crippen LogP contribution >= 0.6 is 7.67 Å². The first-order chi connectivity index (χ1) is 14.4. The smallest absolute Gasteiger partial charge is 0.392 e. The van der Waals surface area contributed by atoms with Crippen molar-refractivity contribution in [3.05, 3.63) is 29.8 Å². The molecule has 1 aromatic rings. The van der Waals surface area contributed by atoms with Gasteiger partial charge in [-0.25, -0.2) is 14.7 Å². The van der Waals surface area contributed by atoms with Gasteiger partial charge in [-0.2, -0.15) is 0 Å². The minimum Gasteiger partial charge on any atom is -0.465 e. The lowest BCUT2D eigenvalue weighted by Gasteiger charge is -2.36. The molecule has 1 rings (SSSR count). The van der Waals surface area contributed by atoms with Gasteiger partial charge in [-0.05, 0) is 58.2 Å². The third-order valence-corrected chi connectivity index (χ3v) is 6.60. The van der Waals surface area contributed by atoms with Gasteiger partial charge in [-0.1, -0.05) is 26.0 Å². The fraction of sp³-hybridized carbons (Fsp3) is 0.619. The molecule has 0 fully saturated rings. The first-order valence-corrected chi connectivity index (χ1v) is 11.9. The second kappa shape index (κ2) is 11.6. The maximum Gasteiger partial charge on any atom is 0.392 e. The highest BCUT2D eigenvalue weighted by atomic mass is 31.2. The Kier molecular flexibility index (Phi) is 10.2. The van der Waals surface area contributed by atoms with Crippen LogP contribution in [-0.2, 0) is 30.2 Å². The lowest BCUT2D eigenvalue weighted by Crippen LogP contribution is -2.55. The first-order valence-electron chi connectivity index (χ1n) is 10.3. The van der Waals surface area contributed by atoms with E-state index in [2.05, 4.69) is 10.2 Å². The van der Waals surface area contributed by atoms with Crippen LogP contribution in [0.15, 0.2) is 24.3 Å². The van der Waals surface area contributed by atoms with E-state index in [0.29, 0.717) is 5.56 Å². The van der Waals surface area contributed by atoms with E-state index in [-0.39, 0.29) is 31.0 Å². The van der Waals surface area contributed by atoms with Crippen LogP contribution in [0, 0.1) is 5.92 Å². The number of hydrogen-bond donors (Lipinski definition) is 3. The third kappa shape index (κ3) is 7.92. The Balaban J connectivity index is 3.28. The summed E-state index contributed by atoms with van der Waals surface area (Å²) in [7, 11) is -4.04. The van der Waals surface area contributed by atoms with Gasteiger partial charge in [0.2, 0.25) is 0 Å². The largest absolute Gasteiger partial charge is 0.465 e. The normalized spacial score (nSPS) is 16.3. The zero-order valence-corrected chi connectivity index (χ0v) is 20.2. The zero-order chi connectivity index (χ0) is 23.8. The van der Waals surface area contributed by atoms with Crippen LogP contribution in [-0.4, -0.2) is 41.3 Å². The van der Waals surface area contributed by atoms with Crippen molar-refractivity contribution in [2.45, 2.75) is 72.8 Å². The summed E-state index contributed by atoms with van der Waals surface area (Å²) < 4.78 is 29.9. The number of nitrogens with one attached hydrogen (secondary N) is 2. The standard InChI is InChI=1S/C21H35N2O7P/c1-8-28-20(26)21(7,14(2)3)23-31(27,22-16(6)19(25)29-15(4)5)30-18-11-9-17(13-24)10-12-18/h9-12,14-16,24H,8,13H2,1-7H3,(H2,22,23,27)/t16-,21-,31?/m0/s1. The lowest BCUT2D eigenvalue weighted by atomic mass is 9.90. The van der Waals surface area contributed by atoms with Crippen LogP contribution in [0.5, 0.6) is 5.75 Å². The molecule has 0 aromatic heterocycles. The number of benzene rings is 1. The molecule has 0 radical (unpaired) electrons. The molecule has 1 unspecified atom stereocenters. The van der Waals surface area contributed by atoms with Gasteiger partial charge in [0.05, 0.1) is 19.3 Å². The van der Waals surface area contributed by atoms with Crippen molar-refractivity contribution in [3.63, 3.8) is 0 Å². The van der Waals surface area contributed by atoms with Crippen LogP contribution < -0.4 is 14.7 Å². The number of aliphatic hydroxyl groups is 1. The average Bonchev–Trinajstić information content (AvgIpc) is 2.67. The Hall–Kier alpha value is -1.93. The van der Waals surface area contributed by atoms with Gasteiger partial charge in [0, 0.05) is 0 Å². The van der Waals surface area contributed by atoms with E-state index in [1.54, 1.807) is 53.7 Å².